The molecular weight excluding hydrogens is 648 g/mol. The number of hydrogen-bond donors (Lipinski definition) is 6. The van der Waals surface area contributed by atoms with Gasteiger partial charge in [-0.2, -0.15) is 0 Å². The molecule has 0 aromatic carbocycles. The summed E-state index contributed by atoms with van der Waals surface area (Å²) in [5.74, 6) is 1.82. The zero-order valence-corrected chi connectivity index (χ0v) is 30.0. The molecule has 8 fully saturated rings. The van der Waals surface area contributed by atoms with Crippen molar-refractivity contribution in [3.8, 4) is 0 Å². The zero-order valence-electron chi connectivity index (χ0n) is 30.0. The summed E-state index contributed by atoms with van der Waals surface area (Å²) in [6.07, 6.45) is -4.35. The van der Waals surface area contributed by atoms with Crippen LogP contribution >= 0.6 is 0 Å². The average molecular weight is 709 g/mol. The number of ether oxygens (including phenoxy) is 6. The van der Waals surface area contributed by atoms with Crippen molar-refractivity contribution in [1.29, 1.82) is 0 Å². The third kappa shape index (κ3) is 5.45. The minimum atomic E-state index is -1.60. The van der Waals surface area contributed by atoms with Crippen molar-refractivity contribution in [3.63, 3.8) is 0 Å². The molecule has 0 amide bonds. The van der Waals surface area contributed by atoms with Gasteiger partial charge >= 0.3 is 0 Å². The molecule has 0 aromatic rings. The highest BCUT2D eigenvalue weighted by molar-refractivity contribution is 5.17. The van der Waals surface area contributed by atoms with Gasteiger partial charge in [0.25, 0.3) is 0 Å². The third-order valence-corrected chi connectivity index (χ3v) is 15.5. The van der Waals surface area contributed by atoms with Gasteiger partial charge in [-0.1, -0.05) is 32.9 Å². The Labute approximate surface area is 295 Å². The van der Waals surface area contributed by atoms with E-state index in [-0.39, 0.29) is 29.5 Å². The van der Waals surface area contributed by atoms with E-state index in [0.29, 0.717) is 49.0 Å². The monoisotopic (exact) mass is 708 g/mol. The minimum Gasteiger partial charge on any atom is -0.393 e. The summed E-state index contributed by atoms with van der Waals surface area (Å²) < 4.78 is 38.0. The molecule has 0 aromatic heterocycles. The molecule has 12 heteroatoms. The van der Waals surface area contributed by atoms with Gasteiger partial charge in [0.1, 0.15) is 36.6 Å². The minimum absolute atomic E-state index is 0.141. The van der Waals surface area contributed by atoms with E-state index in [2.05, 4.69) is 27.4 Å². The third-order valence-electron chi connectivity index (χ3n) is 15.5. The second-order valence-electron chi connectivity index (χ2n) is 17.9. The molecule has 4 heterocycles. The SMILES string of the molecule is C=C1CCC2(OC1)OC1CC3C4CCC5CC(O)CC(OC6OCC(O)C(O)C6OC6OC(C)C(O)C(O)C6O)C5(C)C4CCC3(C)C1C2C. The van der Waals surface area contributed by atoms with Crippen molar-refractivity contribution >= 4 is 0 Å². The fourth-order valence-corrected chi connectivity index (χ4v) is 12.8. The Morgan fingerprint density at radius 1 is 0.820 bits per heavy atom. The first kappa shape index (κ1) is 36.2. The molecule has 4 saturated heterocycles. The molecule has 4 saturated carbocycles. The van der Waals surface area contributed by atoms with Gasteiger partial charge in [-0.15, -0.1) is 0 Å². The predicted octanol–water partition coefficient (Wildman–Crippen LogP) is 2.00. The van der Waals surface area contributed by atoms with Crippen molar-refractivity contribution in [2.45, 2.75) is 165 Å². The van der Waals surface area contributed by atoms with Crippen LogP contribution in [0, 0.1) is 46.3 Å². The molecule has 21 atom stereocenters. The number of aliphatic hydroxyl groups is 6. The summed E-state index contributed by atoms with van der Waals surface area (Å²) in [5, 5.41) is 64.2. The molecule has 50 heavy (non-hydrogen) atoms. The van der Waals surface area contributed by atoms with E-state index in [1.165, 1.54) is 0 Å². The van der Waals surface area contributed by atoms with Crippen molar-refractivity contribution in [1.82, 2.24) is 0 Å². The van der Waals surface area contributed by atoms with E-state index in [4.69, 9.17) is 28.4 Å². The topological polar surface area (TPSA) is 177 Å². The molecule has 1 spiro atoms. The lowest BCUT2D eigenvalue weighted by molar-refractivity contribution is -0.366. The lowest BCUT2D eigenvalue weighted by Crippen LogP contribution is -2.64. The van der Waals surface area contributed by atoms with Crippen LogP contribution in [0.1, 0.15) is 85.5 Å². The van der Waals surface area contributed by atoms with Crippen LogP contribution in [-0.4, -0.2) is 123 Å². The van der Waals surface area contributed by atoms with Gasteiger partial charge < -0.3 is 59.1 Å². The first-order valence-electron chi connectivity index (χ1n) is 19.3. The highest BCUT2D eigenvalue weighted by atomic mass is 16.8. The van der Waals surface area contributed by atoms with Gasteiger partial charge in [0, 0.05) is 18.8 Å². The van der Waals surface area contributed by atoms with Gasteiger partial charge in [-0.25, -0.2) is 0 Å². The number of hydrogen-bond acceptors (Lipinski definition) is 12. The maximum Gasteiger partial charge on any atom is 0.187 e. The largest absolute Gasteiger partial charge is 0.393 e. The van der Waals surface area contributed by atoms with E-state index >= 15 is 0 Å². The fourth-order valence-electron chi connectivity index (χ4n) is 12.8. The van der Waals surface area contributed by atoms with Crippen LogP contribution in [0.2, 0.25) is 0 Å². The Morgan fingerprint density at radius 2 is 1.60 bits per heavy atom. The van der Waals surface area contributed by atoms with Gasteiger partial charge in [-0.3, -0.25) is 0 Å². The zero-order chi connectivity index (χ0) is 35.5. The lowest BCUT2D eigenvalue weighted by Gasteiger charge is -2.63. The van der Waals surface area contributed by atoms with E-state index in [1.807, 2.05) is 0 Å². The summed E-state index contributed by atoms with van der Waals surface area (Å²) in [5.41, 5.74) is 0.997. The van der Waals surface area contributed by atoms with Crippen molar-refractivity contribution in [3.05, 3.63) is 12.2 Å². The van der Waals surface area contributed by atoms with E-state index in [1.54, 1.807) is 6.92 Å². The second-order valence-corrected chi connectivity index (χ2v) is 17.9. The lowest BCUT2D eigenvalue weighted by atomic mass is 9.43. The van der Waals surface area contributed by atoms with Gasteiger partial charge in [0.05, 0.1) is 37.6 Å². The maximum atomic E-state index is 11.2. The highest BCUT2D eigenvalue weighted by Crippen LogP contribution is 2.71. The predicted molar refractivity (Wildman–Crippen MR) is 177 cm³/mol. The Bertz CT molecular complexity index is 1270. The molecule has 4 aliphatic carbocycles. The van der Waals surface area contributed by atoms with Crippen LogP contribution in [0.15, 0.2) is 12.2 Å². The summed E-state index contributed by atoms with van der Waals surface area (Å²) >= 11 is 0. The Hall–Kier alpha value is -0.740. The van der Waals surface area contributed by atoms with Crippen LogP contribution in [0.25, 0.3) is 0 Å². The molecule has 284 valence electrons. The van der Waals surface area contributed by atoms with Crippen LogP contribution in [-0.2, 0) is 28.4 Å². The normalized spacial score (nSPS) is 59.4. The number of rotatable bonds is 4. The maximum absolute atomic E-state index is 11.2. The first-order valence-corrected chi connectivity index (χ1v) is 19.3. The van der Waals surface area contributed by atoms with Gasteiger partial charge in [0.15, 0.2) is 18.4 Å². The van der Waals surface area contributed by atoms with Crippen LogP contribution < -0.4 is 0 Å². The number of fused-ring (bicyclic) bond motifs is 7. The van der Waals surface area contributed by atoms with E-state index in [0.717, 1.165) is 50.5 Å². The fraction of sp³-hybridized carbons (Fsp3) is 0.947. The molecule has 21 unspecified atom stereocenters. The molecule has 4 aliphatic heterocycles. The summed E-state index contributed by atoms with van der Waals surface area (Å²) in [6, 6.07) is 0. The van der Waals surface area contributed by atoms with E-state index < -0.39 is 73.3 Å². The standard InChI is InChI=1S/C38H60O12/c1-17-8-11-38(46-15-17)18(2)28-26(50-38)14-24-22-7-6-20-12-21(39)13-27(37(20,5)23(22)9-10-36(24,28)4)48-35-33(30(42)25(40)16-45-35)49-34-32(44)31(43)29(41)19(3)47-34/h18-35,39-44H,1,6-16H2,2-5H3. The smallest absolute Gasteiger partial charge is 0.187 e. The van der Waals surface area contributed by atoms with Gasteiger partial charge in [0.2, 0.25) is 0 Å². The summed E-state index contributed by atoms with van der Waals surface area (Å²) in [4.78, 5) is 0. The Kier molecular flexibility index (Phi) is 9.38. The Balaban J connectivity index is 1.03. The average Bonchev–Trinajstić information content (AvgIpc) is 3.53. The van der Waals surface area contributed by atoms with Crippen molar-refractivity contribution < 1.29 is 59.1 Å². The van der Waals surface area contributed by atoms with Crippen LogP contribution in [0.3, 0.4) is 0 Å². The first-order chi connectivity index (χ1) is 23.7. The molecule has 8 rings (SSSR count). The molecule has 0 bridgehead atoms. The van der Waals surface area contributed by atoms with Crippen LogP contribution in [0.4, 0.5) is 0 Å². The molecule has 12 nitrogen and oxygen atoms in total. The highest BCUT2D eigenvalue weighted by Gasteiger charge is 2.70. The molecule has 0 radical (unpaired) electrons. The molecule has 6 N–H and O–H groups in total. The number of aliphatic hydroxyl groups excluding tert-OH is 6. The van der Waals surface area contributed by atoms with Crippen molar-refractivity contribution in [2.24, 2.45) is 46.3 Å². The van der Waals surface area contributed by atoms with Crippen LogP contribution in [0.5, 0.6) is 0 Å². The molecule has 8 aliphatic rings. The van der Waals surface area contributed by atoms with E-state index in [9.17, 15) is 30.6 Å². The van der Waals surface area contributed by atoms with Crippen molar-refractivity contribution in [2.75, 3.05) is 13.2 Å². The van der Waals surface area contributed by atoms with Gasteiger partial charge in [-0.05, 0) is 92.3 Å². The second kappa shape index (κ2) is 12.9. The Morgan fingerprint density at radius 3 is 2.34 bits per heavy atom. The summed E-state index contributed by atoms with van der Waals surface area (Å²) in [6.45, 7) is 13.3. The summed E-state index contributed by atoms with van der Waals surface area (Å²) in [7, 11) is 0. The molecular formula is C38H60O12. The quantitative estimate of drug-likeness (QED) is 0.235.